The molecule has 0 unspecified atom stereocenters. The van der Waals surface area contributed by atoms with Gasteiger partial charge in [-0.15, -0.1) is 0 Å². The van der Waals surface area contributed by atoms with Crippen molar-refractivity contribution in [1.82, 2.24) is 9.55 Å². The summed E-state index contributed by atoms with van der Waals surface area (Å²) >= 11 is 1.19. The Bertz CT molecular complexity index is 1200. The van der Waals surface area contributed by atoms with Crippen LogP contribution in [0.25, 0.3) is 16.6 Å². The number of ketones is 1. The van der Waals surface area contributed by atoms with E-state index in [1.54, 1.807) is 18.2 Å². The molecule has 4 aromatic rings. The molecule has 3 aromatic carbocycles. The molecule has 0 fully saturated rings. The zero-order chi connectivity index (χ0) is 19.5. The van der Waals surface area contributed by atoms with Crippen LogP contribution in [-0.2, 0) is 0 Å². The number of aromatic nitrogens is 2. The first-order valence-corrected chi connectivity index (χ1v) is 9.61. The molecule has 0 aliphatic heterocycles. The molecular formula is C22H15FN2O2S. The molecule has 0 amide bonds. The molecule has 1 heterocycles. The first kappa shape index (κ1) is 18.1. The number of para-hydroxylation sites is 2. The molecule has 1 aromatic heterocycles. The monoisotopic (exact) mass is 390 g/mol. The van der Waals surface area contributed by atoms with Crippen LogP contribution in [0.5, 0.6) is 0 Å². The highest BCUT2D eigenvalue weighted by Gasteiger charge is 2.15. The fraction of sp³-hybridized carbons (Fsp3) is 0.0455. The summed E-state index contributed by atoms with van der Waals surface area (Å²) in [7, 11) is 0. The Morgan fingerprint density at radius 2 is 1.61 bits per heavy atom. The summed E-state index contributed by atoms with van der Waals surface area (Å²) in [6, 6.07) is 21.8. The Morgan fingerprint density at radius 1 is 0.929 bits per heavy atom. The van der Waals surface area contributed by atoms with Gasteiger partial charge in [-0.2, -0.15) is 0 Å². The molecule has 0 atom stereocenters. The summed E-state index contributed by atoms with van der Waals surface area (Å²) in [6.07, 6.45) is 0. The van der Waals surface area contributed by atoms with Gasteiger partial charge in [0.2, 0.25) is 0 Å². The van der Waals surface area contributed by atoms with Gasteiger partial charge < -0.3 is 0 Å². The molecule has 138 valence electrons. The van der Waals surface area contributed by atoms with Gasteiger partial charge in [-0.25, -0.2) is 9.37 Å². The Labute approximate surface area is 164 Å². The normalized spacial score (nSPS) is 10.9. The van der Waals surface area contributed by atoms with Crippen LogP contribution in [0.2, 0.25) is 0 Å². The number of hydrogen-bond donors (Lipinski definition) is 0. The number of Topliss-reactive ketones (excluding diaryl/α,β-unsaturated/α-hetero) is 1. The van der Waals surface area contributed by atoms with E-state index in [4.69, 9.17) is 0 Å². The van der Waals surface area contributed by atoms with E-state index in [1.165, 1.54) is 40.6 Å². The van der Waals surface area contributed by atoms with E-state index in [0.29, 0.717) is 27.3 Å². The van der Waals surface area contributed by atoms with Crippen LogP contribution in [0.15, 0.2) is 88.8 Å². The number of nitrogens with zero attached hydrogens (tertiary/aromatic N) is 2. The number of rotatable bonds is 5. The van der Waals surface area contributed by atoms with E-state index < -0.39 is 5.82 Å². The van der Waals surface area contributed by atoms with Crippen LogP contribution in [-0.4, -0.2) is 21.1 Å². The third-order valence-electron chi connectivity index (χ3n) is 4.26. The Kier molecular flexibility index (Phi) is 5.04. The highest BCUT2D eigenvalue weighted by atomic mass is 32.2. The zero-order valence-corrected chi connectivity index (χ0v) is 15.5. The van der Waals surface area contributed by atoms with Gasteiger partial charge in [0.15, 0.2) is 10.9 Å². The maximum absolute atomic E-state index is 13.1. The van der Waals surface area contributed by atoms with Crippen LogP contribution in [0, 0.1) is 5.82 Å². The molecule has 6 heteroatoms. The van der Waals surface area contributed by atoms with E-state index >= 15 is 0 Å². The molecular weight excluding hydrogens is 375 g/mol. The second-order valence-electron chi connectivity index (χ2n) is 6.11. The van der Waals surface area contributed by atoms with Crippen LogP contribution in [0.1, 0.15) is 10.4 Å². The lowest BCUT2D eigenvalue weighted by molar-refractivity contribution is 0.102. The smallest absolute Gasteiger partial charge is 0.266 e. The highest BCUT2D eigenvalue weighted by Crippen LogP contribution is 2.22. The fourth-order valence-corrected chi connectivity index (χ4v) is 3.77. The number of carbonyl (C=O) groups is 1. The second kappa shape index (κ2) is 7.78. The molecule has 0 saturated carbocycles. The molecule has 0 saturated heterocycles. The van der Waals surface area contributed by atoms with Crippen molar-refractivity contribution in [1.29, 1.82) is 0 Å². The lowest BCUT2D eigenvalue weighted by atomic mass is 10.1. The van der Waals surface area contributed by atoms with Gasteiger partial charge in [-0.3, -0.25) is 14.2 Å². The van der Waals surface area contributed by atoms with Crippen molar-refractivity contribution in [2.45, 2.75) is 5.16 Å². The number of fused-ring (bicyclic) bond motifs is 1. The quantitative estimate of drug-likeness (QED) is 0.286. The van der Waals surface area contributed by atoms with Crippen LogP contribution < -0.4 is 5.56 Å². The molecule has 0 aliphatic carbocycles. The third kappa shape index (κ3) is 3.59. The minimum absolute atomic E-state index is 0.0866. The summed E-state index contributed by atoms with van der Waals surface area (Å²) < 4.78 is 14.6. The highest BCUT2D eigenvalue weighted by molar-refractivity contribution is 7.99. The summed E-state index contributed by atoms with van der Waals surface area (Å²) in [4.78, 5) is 30.2. The molecule has 0 radical (unpaired) electrons. The minimum Gasteiger partial charge on any atom is -0.293 e. The van der Waals surface area contributed by atoms with Gasteiger partial charge in [-0.05, 0) is 48.5 Å². The predicted octanol–water partition coefficient (Wildman–Crippen LogP) is 4.50. The average Bonchev–Trinajstić information content (AvgIpc) is 2.73. The molecule has 4 rings (SSSR count). The molecule has 0 N–H and O–H groups in total. The summed E-state index contributed by atoms with van der Waals surface area (Å²) in [6.45, 7) is 0. The van der Waals surface area contributed by atoms with E-state index in [2.05, 4.69) is 4.98 Å². The third-order valence-corrected chi connectivity index (χ3v) is 5.20. The van der Waals surface area contributed by atoms with Crippen molar-refractivity contribution in [3.05, 3.63) is 101 Å². The maximum atomic E-state index is 13.1. The van der Waals surface area contributed by atoms with Gasteiger partial charge >= 0.3 is 0 Å². The zero-order valence-electron chi connectivity index (χ0n) is 14.7. The van der Waals surface area contributed by atoms with Crippen molar-refractivity contribution in [2.24, 2.45) is 0 Å². The lowest BCUT2D eigenvalue weighted by Crippen LogP contribution is -2.22. The summed E-state index contributed by atoms with van der Waals surface area (Å²) in [5, 5.41) is 0.950. The summed E-state index contributed by atoms with van der Waals surface area (Å²) in [5.41, 5.74) is 1.50. The fourth-order valence-electron chi connectivity index (χ4n) is 2.86. The van der Waals surface area contributed by atoms with Gasteiger partial charge in [0.1, 0.15) is 5.82 Å². The Morgan fingerprint density at radius 3 is 2.36 bits per heavy atom. The maximum Gasteiger partial charge on any atom is 0.266 e. The van der Waals surface area contributed by atoms with Gasteiger partial charge in [-0.1, -0.05) is 42.1 Å². The minimum atomic E-state index is -0.390. The second-order valence-corrected chi connectivity index (χ2v) is 7.05. The van der Waals surface area contributed by atoms with E-state index in [9.17, 15) is 14.0 Å². The van der Waals surface area contributed by atoms with Crippen LogP contribution in [0.4, 0.5) is 4.39 Å². The molecule has 0 bridgehead atoms. The molecule has 0 aliphatic rings. The average molecular weight is 390 g/mol. The van der Waals surface area contributed by atoms with Crippen molar-refractivity contribution >= 4 is 28.4 Å². The number of carbonyl (C=O) groups excluding carboxylic acids is 1. The van der Waals surface area contributed by atoms with E-state index in [-0.39, 0.29) is 17.1 Å². The van der Waals surface area contributed by atoms with Crippen LogP contribution in [0.3, 0.4) is 0 Å². The molecule has 4 nitrogen and oxygen atoms in total. The standard InChI is InChI=1S/C22H15FN2O2S/c23-16-12-10-15(11-13-16)20(26)14-28-22-24-19-9-5-4-8-18(19)21(27)25(22)17-6-2-1-3-7-17/h1-13H,14H2. The van der Waals surface area contributed by atoms with E-state index in [1.807, 2.05) is 36.4 Å². The SMILES string of the molecule is O=C(CSc1nc2ccccc2c(=O)n1-c1ccccc1)c1ccc(F)cc1. The Balaban J connectivity index is 1.74. The van der Waals surface area contributed by atoms with Crippen molar-refractivity contribution < 1.29 is 9.18 Å². The topological polar surface area (TPSA) is 52.0 Å². The van der Waals surface area contributed by atoms with Crippen molar-refractivity contribution in [2.75, 3.05) is 5.75 Å². The number of hydrogen-bond acceptors (Lipinski definition) is 4. The van der Waals surface area contributed by atoms with Gasteiger partial charge in [0, 0.05) is 5.56 Å². The molecule has 0 spiro atoms. The van der Waals surface area contributed by atoms with E-state index in [0.717, 1.165) is 0 Å². The summed E-state index contributed by atoms with van der Waals surface area (Å²) in [5.74, 6) is -0.464. The molecule has 28 heavy (non-hydrogen) atoms. The first-order valence-electron chi connectivity index (χ1n) is 8.62. The Hall–Kier alpha value is -3.25. The van der Waals surface area contributed by atoms with Gasteiger partial charge in [0.25, 0.3) is 5.56 Å². The lowest BCUT2D eigenvalue weighted by Gasteiger charge is -2.13. The predicted molar refractivity (Wildman–Crippen MR) is 109 cm³/mol. The number of benzene rings is 3. The first-order chi connectivity index (χ1) is 13.6. The van der Waals surface area contributed by atoms with Gasteiger partial charge in [0.05, 0.1) is 22.3 Å². The number of halogens is 1. The van der Waals surface area contributed by atoms with Crippen molar-refractivity contribution in [3.8, 4) is 5.69 Å². The van der Waals surface area contributed by atoms with Crippen LogP contribution >= 0.6 is 11.8 Å². The largest absolute Gasteiger partial charge is 0.293 e. The van der Waals surface area contributed by atoms with Crippen molar-refractivity contribution in [3.63, 3.8) is 0 Å². The number of thioether (sulfide) groups is 1.